The van der Waals surface area contributed by atoms with Gasteiger partial charge in [-0.2, -0.15) is 0 Å². The Kier molecular flexibility index (Phi) is 4.69. The maximum atomic E-state index is 12.9. The molecule has 1 aromatic heterocycles. The van der Waals surface area contributed by atoms with E-state index in [4.69, 9.17) is 9.47 Å². The van der Waals surface area contributed by atoms with Crippen molar-refractivity contribution in [2.75, 3.05) is 14.2 Å². The lowest BCUT2D eigenvalue weighted by molar-refractivity contribution is -0.142. The fourth-order valence-electron chi connectivity index (χ4n) is 3.27. The number of aromatic nitrogens is 1. The summed E-state index contributed by atoms with van der Waals surface area (Å²) in [5.41, 5.74) is 2.10. The van der Waals surface area contributed by atoms with Gasteiger partial charge >= 0.3 is 5.97 Å². The maximum absolute atomic E-state index is 12.9. The minimum atomic E-state index is -0.296. The zero-order valence-electron chi connectivity index (χ0n) is 14.0. The lowest BCUT2D eigenvalue weighted by Crippen LogP contribution is -2.18. The average molecular weight is 327 g/mol. The topological polar surface area (TPSA) is 57.5 Å². The van der Waals surface area contributed by atoms with Crippen molar-refractivity contribution in [3.05, 3.63) is 53.3 Å². The largest absolute Gasteiger partial charge is 0.497 e. The number of esters is 1. The third-order valence-electron chi connectivity index (χ3n) is 4.57. The van der Waals surface area contributed by atoms with Crippen molar-refractivity contribution in [1.82, 2.24) is 4.57 Å². The van der Waals surface area contributed by atoms with Crippen molar-refractivity contribution < 1.29 is 19.1 Å². The number of benzene rings is 1. The lowest BCUT2D eigenvalue weighted by atomic mass is 10.00. The number of hydrogen-bond donors (Lipinski definition) is 0. The minimum absolute atomic E-state index is 0.0468. The summed E-state index contributed by atoms with van der Waals surface area (Å²) in [6.07, 6.45) is 2.64. The molecule has 1 aliphatic heterocycles. The van der Waals surface area contributed by atoms with E-state index in [1.54, 1.807) is 31.4 Å². The van der Waals surface area contributed by atoms with Crippen LogP contribution in [-0.4, -0.2) is 30.5 Å². The Morgan fingerprint density at radius 1 is 1.04 bits per heavy atom. The number of fused-ring (bicyclic) bond motifs is 1. The molecule has 0 saturated heterocycles. The van der Waals surface area contributed by atoms with Crippen LogP contribution in [0, 0.1) is 0 Å². The van der Waals surface area contributed by atoms with Crippen molar-refractivity contribution >= 4 is 11.8 Å². The first-order valence-electron chi connectivity index (χ1n) is 8.11. The predicted molar refractivity (Wildman–Crippen MR) is 89.5 cm³/mol. The van der Waals surface area contributed by atoms with Gasteiger partial charge in [0.15, 0.2) is 0 Å². The molecule has 5 nitrogen and oxygen atoms in total. The van der Waals surface area contributed by atoms with Crippen molar-refractivity contribution in [3.63, 3.8) is 0 Å². The molecule has 0 bridgehead atoms. The van der Waals surface area contributed by atoms with Crippen LogP contribution in [0.3, 0.4) is 0 Å². The summed E-state index contributed by atoms with van der Waals surface area (Å²) in [5, 5.41) is 0. The van der Waals surface area contributed by atoms with E-state index in [2.05, 4.69) is 0 Å². The number of carbonyl (C=O) groups is 2. The molecule has 0 fully saturated rings. The van der Waals surface area contributed by atoms with E-state index in [1.165, 1.54) is 7.11 Å². The molecule has 1 atom stereocenters. The number of nitrogens with zero attached hydrogens (tertiary/aromatic N) is 1. The second-order valence-corrected chi connectivity index (χ2v) is 5.92. The molecular weight excluding hydrogens is 306 g/mol. The van der Waals surface area contributed by atoms with Crippen LogP contribution in [0.2, 0.25) is 0 Å². The highest BCUT2D eigenvalue weighted by molar-refractivity contribution is 6.08. The summed E-state index contributed by atoms with van der Waals surface area (Å²) < 4.78 is 12.0. The van der Waals surface area contributed by atoms with Gasteiger partial charge in [-0.1, -0.05) is 6.42 Å². The maximum Gasteiger partial charge on any atom is 0.314 e. The second-order valence-electron chi connectivity index (χ2n) is 5.92. The van der Waals surface area contributed by atoms with Crippen LogP contribution in [0.15, 0.2) is 36.4 Å². The Bertz CT molecular complexity index is 745. The second kappa shape index (κ2) is 6.91. The van der Waals surface area contributed by atoms with Crippen molar-refractivity contribution in [2.45, 2.75) is 31.7 Å². The van der Waals surface area contributed by atoms with E-state index < -0.39 is 0 Å². The molecule has 0 N–H and O–H groups in total. The molecule has 1 aromatic carbocycles. The number of rotatable bonds is 4. The summed E-state index contributed by atoms with van der Waals surface area (Å²) in [4.78, 5) is 24.9. The van der Waals surface area contributed by atoms with E-state index in [0.717, 1.165) is 31.5 Å². The van der Waals surface area contributed by atoms with Crippen LogP contribution < -0.4 is 4.74 Å². The lowest BCUT2D eigenvalue weighted by Gasteiger charge is -2.15. The first-order valence-corrected chi connectivity index (χ1v) is 8.11. The third-order valence-corrected chi connectivity index (χ3v) is 4.57. The van der Waals surface area contributed by atoms with Gasteiger partial charge in [0.05, 0.1) is 25.8 Å². The zero-order valence-corrected chi connectivity index (χ0v) is 14.0. The highest BCUT2D eigenvalue weighted by Crippen LogP contribution is 2.30. The van der Waals surface area contributed by atoms with Crippen LogP contribution in [0.1, 0.15) is 46.9 Å². The molecule has 0 spiro atoms. The number of ketones is 1. The molecule has 0 aliphatic carbocycles. The predicted octanol–water partition coefficient (Wildman–Crippen LogP) is 3.17. The molecule has 3 rings (SSSR count). The SMILES string of the molecule is COC(=O)C1CCCCn2c(C(=O)c3ccc(OC)cc3)ccc21. The number of carbonyl (C=O) groups excluding carboxylic acids is 2. The normalized spacial score (nSPS) is 16.8. The number of methoxy groups -OCH3 is 2. The molecule has 0 radical (unpaired) electrons. The highest BCUT2D eigenvalue weighted by atomic mass is 16.5. The Morgan fingerprint density at radius 3 is 2.46 bits per heavy atom. The average Bonchev–Trinajstić information content (AvgIpc) is 2.92. The standard InChI is InChI=1S/C19H21NO4/c1-23-14-8-6-13(7-9-14)18(21)17-11-10-16-15(19(22)24-2)5-3-4-12-20(16)17/h6-11,15H,3-5,12H2,1-2H3. The van der Waals surface area contributed by atoms with Crippen LogP contribution in [-0.2, 0) is 16.1 Å². The molecule has 5 heteroatoms. The fraction of sp³-hybridized carbons (Fsp3) is 0.368. The fourth-order valence-corrected chi connectivity index (χ4v) is 3.27. The van der Waals surface area contributed by atoms with E-state index in [-0.39, 0.29) is 17.7 Å². The van der Waals surface area contributed by atoms with Crippen LogP contribution in [0.4, 0.5) is 0 Å². The van der Waals surface area contributed by atoms with E-state index in [1.807, 2.05) is 16.7 Å². The Labute approximate surface area is 141 Å². The van der Waals surface area contributed by atoms with E-state index in [9.17, 15) is 9.59 Å². The van der Waals surface area contributed by atoms with Gasteiger partial charge < -0.3 is 14.0 Å². The van der Waals surface area contributed by atoms with Gasteiger partial charge in [0.2, 0.25) is 5.78 Å². The first-order chi connectivity index (χ1) is 11.7. The zero-order chi connectivity index (χ0) is 17.1. The Balaban J connectivity index is 1.96. The van der Waals surface area contributed by atoms with Gasteiger partial charge in [-0.3, -0.25) is 9.59 Å². The monoisotopic (exact) mass is 327 g/mol. The molecule has 2 aromatic rings. The summed E-state index contributed by atoms with van der Waals surface area (Å²) >= 11 is 0. The van der Waals surface area contributed by atoms with Gasteiger partial charge in [-0.15, -0.1) is 0 Å². The quantitative estimate of drug-likeness (QED) is 0.639. The van der Waals surface area contributed by atoms with Crippen molar-refractivity contribution in [3.8, 4) is 5.75 Å². The molecule has 1 unspecified atom stereocenters. The van der Waals surface area contributed by atoms with E-state index >= 15 is 0 Å². The van der Waals surface area contributed by atoms with Crippen LogP contribution in [0.25, 0.3) is 0 Å². The summed E-state index contributed by atoms with van der Waals surface area (Å²) in [6, 6.07) is 10.8. The number of ether oxygens (including phenoxy) is 2. The number of hydrogen-bond acceptors (Lipinski definition) is 4. The molecule has 0 saturated carbocycles. The summed E-state index contributed by atoms with van der Waals surface area (Å²) in [6.45, 7) is 0.743. The Hall–Kier alpha value is -2.56. The molecular formula is C19H21NO4. The van der Waals surface area contributed by atoms with Crippen molar-refractivity contribution in [2.24, 2.45) is 0 Å². The molecule has 2 heterocycles. The van der Waals surface area contributed by atoms with Crippen LogP contribution in [0.5, 0.6) is 5.75 Å². The van der Waals surface area contributed by atoms with Gasteiger partial charge in [0.25, 0.3) is 0 Å². The molecule has 0 amide bonds. The summed E-state index contributed by atoms with van der Waals surface area (Å²) in [7, 11) is 3.00. The molecule has 24 heavy (non-hydrogen) atoms. The molecule has 126 valence electrons. The van der Waals surface area contributed by atoms with Gasteiger partial charge in [0, 0.05) is 17.8 Å². The smallest absolute Gasteiger partial charge is 0.314 e. The van der Waals surface area contributed by atoms with Gasteiger partial charge in [0.1, 0.15) is 5.75 Å². The Morgan fingerprint density at radius 2 is 1.79 bits per heavy atom. The summed E-state index contributed by atoms with van der Waals surface area (Å²) in [5.74, 6) is 0.135. The third kappa shape index (κ3) is 2.94. The highest BCUT2D eigenvalue weighted by Gasteiger charge is 2.29. The van der Waals surface area contributed by atoms with Gasteiger partial charge in [-0.25, -0.2) is 0 Å². The van der Waals surface area contributed by atoms with E-state index in [0.29, 0.717) is 17.0 Å². The first kappa shape index (κ1) is 16.3. The van der Waals surface area contributed by atoms with Crippen LogP contribution >= 0.6 is 0 Å². The van der Waals surface area contributed by atoms with Gasteiger partial charge in [-0.05, 0) is 49.2 Å². The minimum Gasteiger partial charge on any atom is -0.497 e. The molecule has 1 aliphatic rings. The van der Waals surface area contributed by atoms with Crippen molar-refractivity contribution in [1.29, 1.82) is 0 Å².